The molecule has 1 aromatic carbocycles. The average molecular weight is 365 g/mol. The Bertz CT molecular complexity index is 722. The highest BCUT2D eigenvalue weighted by Gasteiger charge is 2.45. The van der Waals surface area contributed by atoms with Crippen molar-refractivity contribution in [2.75, 3.05) is 32.5 Å². The molecule has 3 rings (SSSR count). The summed E-state index contributed by atoms with van der Waals surface area (Å²) in [5, 5.41) is 7.31. The summed E-state index contributed by atoms with van der Waals surface area (Å²) in [5.41, 5.74) is 0.332. The molecule has 0 bridgehead atoms. The van der Waals surface area contributed by atoms with Crippen LogP contribution in [0.4, 0.5) is 10.5 Å². The fourth-order valence-corrected chi connectivity index (χ4v) is 3.37. The monoisotopic (exact) mass is 364 g/mol. The van der Waals surface area contributed by atoms with Crippen molar-refractivity contribution in [1.29, 1.82) is 0 Å². The smallest absolute Gasteiger partial charge is 0.319 e. The minimum absolute atomic E-state index is 0.0560. The maximum Gasteiger partial charge on any atom is 0.319 e. The number of benzene rings is 1. The molecule has 7 nitrogen and oxygen atoms in total. The molecule has 0 saturated carbocycles. The summed E-state index contributed by atoms with van der Waals surface area (Å²) in [7, 11) is 3.44. The van der Waals surface area contributed by atoms with E-state index in [0.717, 1.165) is 12.8 Å². The van der Waals surface area contributed by atoms with Gasteiger partial charge >= 0.3 is 6.03 Å². The molecule has 0 aliphatic carbocycles. The van der Waals surface area contributed by atoms with Crippen molar-refractivity contribution in [2.24, 2.45) is 5.16 Å². The zero-order valence-electron chi connectivity index (χ0n) is 14.3. The van der Waals surface area contributed by atoms with Gasteiger partial charge in [0, 0.05) is 37.8 Å². The Morgan fingerprint density at radius 1 is 1.40 bits per heavy atom. The molecule has 8 heteroatoms. The summed E-state index contributed by atoms with van der Waals surface area (Å²) < 4.78 is 0. The number of piperidine rings is 1. The van der Waals surface area contributed by atoms with Gasteiger partial charge in [-0.1, -0.05) is 22.8 Å². The first-order chi connectivity index (χ1) is 11.9. The Labute approximate surface area is 151 Å². The van der Waals surface area contributed by atoms with Gasteiger partial charge in [-0.25, -0.2) is 4.79 Å². The lowest BCUT2D eigenvalue weighted by Crippen LogP contribution is -2.53. The van der Waals surface area contributed by atoms with Crippen LogP contribution in [0, 0.1) is 0 Å². The Balaban J connectivity index is 1.63. The second-order valence-corrected chi connectivity index (χ2v) is 7.09. The van der Waals surface area contributed by atoms with E-state index in [2.05, 4.69) is 10.5 Å². The maximum atomic E-state index is 12.4. The van der Waals surface area contributed by atoms with E-state index in [1.165, 1.54) is 0 Å². The fourth-order valence-electron chi connectivity index (χ4n) is 3.18. The Hall–Kier alpha value is -2.28. The number of hydrogen-bond acceptors (Lipinski definition) is 4. The van der Waals surface area contributed by atoms with Crippen molar-refractivity contribution in [1.82, 2.24) is 9.80 Å². The largest absolute Gasteiger partial charge is 0.386 e. The first kappa shape index (κ1) is 17.5. The molecule has 0 unspecified atom stereocenters. The molecule has 0 radical (unpaired) electrons. The number of urea groups is 1. The van der Waals surface area contributed by atoms with Crippen molar-refractivity contribution in [3.05, 3.63) is 29.3 Å². The predicted octanol–water partition coefficient (Wildman–Crippen LogP) is 2.57. The number of nitrogens with one attached hydrogen (secondary N) is 1. The first-order valence-electron chi connectivity index (χ1n) is 8.17. The molecule has 1 saturated heterocycles. The fraction of sp³-hybridized carbons (Fsp3) is 0.471. The number of amides is 3. The lowest BCUT2D eigenvalue weighted by molar-refractivity contribution is -0.110. The number of rotatable bonds is 2. The van der Waals surface area contributed by atoms with Gasteiger partial charge in [0.2, 0.25) is 0 Å². The van der Waals surface area contributed by atoms with Crippen LogP contribution in [-0.2, 0) is 9.63 Å². The van der Waals surface area contributed by atoms with Gasteiger partial charge in [0.25, 0.3) is 5.91 Å². The molecule has 1 N–H and O–H groups in total. The van der Waals surface area contributed by atoms with Crippen LogP contribution in [-0.4, -0.2) is 60.2 Å². The molecule has 1 atom stereocenters. The highest BCUT2D eigenvalue weighted by molar-refractivity contribution is 6.43. The summed E-state index contributed by atoms with van der Waals surface area (Å²) in [6.45, 7) is 1.12. The Kier molecular flexibility index (Phi) is 4.85. The van der Waals surface area contributed by atoms with Crippen LogP contribution in [0.15, 0.2) is 29.4 Å². The molecular formula is C17H21ClN4O3. The van der Waals surface area contributed by atoms with E-state index in [-0.39, 0.29) is 11.9 Å². The SMILES string of the molecule is CN(C)C(=O)N1CCC[C@]2(CC(C(=O)Nc3cccc(Cl)c3)=NO2)C1. The van der Waals surface area contributed by atoms with Crippen molar-refractivity contribution in [3.8, 4) is 0 Å². The maximum absolute atomic E-state index is 12.4. The number of carbonyl (C=O) groups is 2. The van der Waals surface area contributed by atoms with Gasteiger partial charge in [-0.15, -0.1) is 0 Å². The molecule has 2 aliphatic rings. The molecule has 2 aliphatic heterocycles. The number of carbonyl (C=O) groups excluding carboxylic acids is 2. The van der Waals surface area contributed by atoms with E-state index in [1.54, 1.807) is 48.2 Å². The Morgan fingerprint density at radius 2 is 2.20 bits per heavy atom. The molecule has 25 heavy (non-hydrogen) atoms. The normalized spacial score (nSPS) is 22.4. The third-order valence-electron chi connectivity index (χ3n) is 4.38. The second kappa shape index (κ2) is 6.92. The number of hydrogen-bond donors (Lipinski definition) is 1. The quantitative estimate of drug-likeness (QED) is 0.876. The Morgan fingerprint density at radius 3 is 2.92 bits per heavy atom. The molecule has 1 aromatic rings. The molecule has 3 amide bonds. The highest BCUT2D eigenvalue weighted by Crippen LogP contribution is 2.34. The van der Waals surface area contributed by atoms with Crippen LogP contribution in [0.1, 0.15) is 19.3 Å². The summed E-state index contributed by atoms with van der Waals surface area (Å²) in [5.74, 6) is -0.310. The minimum Gasteiger partial charge on any atom is -0.386 e. The molecular weight excluding hydrogens is 344 g/mol. The zero-order valence-corrected chi connectivity index (χ0v) is 15.0. The number of nitrogens with zero attached hydrogens (tertiary/aromatic N) is 3. The van der Waals surface area contributed by atoms with E-state index >= 15 is 0 Å². The van der Waals surface area contributed by atoms with Gasteiger partial charge in [-0.05, 0) is 31.0 Å². The number of halogens is 1. The highest BCUT2D eigenvalue weighted by atomic mass is 35.5. The van der Waals surface area contributed by atoms with Crippen molar-refractivity contribution >= 4 is 34.9 Å². The summed E-state index contributed by atoms with van der Waals surface area (Å²) in [6, 6.07) is 6.87. The summed E-state index contributed by atoms with van der Waals surface area (Å²) >= 11 is 5.93. The van der Waals surface area contributed by atoms with Crippen LogP contribution in [0.5, 0.6) is 0 Å². The predicted molar refractivity (Wildman–Crippen MR) is 95.8 cm³/mol. The van der Waals surface area contributed by atoms with Crippen molar-refractivity contribution in [3.63, 3.8) is 0 Å². The number of likely N-dealkylation sites (tertiary alicyclic amines) is 1. The van der Waals surface area contributed by atoms with Gasteiger partial charge < -0.3 is 20.0 Å². The lowest BCUT2D eigenvalue weighted by atomic mass is 9.88. The van der Waals surface area contributed by atoms with Crippen molar-refractivity contribution in [2.45, 2.75) is 24.9 Å². The van der Waals surface area contributed by atoms with E-state index in [4.69, 9.17) is 16.4 Å². The lowest BCUT2D eigenvalue weighted by Gasteiger charge is -2.39. The van der Waals surface area contributed by atoms with Crippen LogP contribution in [0.2, 0.25) is 5.02 Å². The first-order valence-corrected chi connectivity index (χ1v) is 8.55. The van der Waals surface area contributed by atoms with Gasteiger partial charge in [-0.3, -0.25) is 4.79 Å². The van der Waals surface area contributed by atoms with E-state index in [0.29, 0.717) is 35.9 Å². The molecule has 1 fully saturated rings. The van der Waals surface area contributed by atoms with E-state index in [1.807, 2.05) is 0 Å². The summed E-state index contributed by atoms with van der Waals surface area (Å²) in [4.78, 5) is 33.5. The van der Waals surface area contributed by atoms with Gasteiger partial charge in [-0.2, -0.15) is 0 Å². The van der Waals surface area contributed by atoms with Crippen LogP contribution in [0.3, 0.4) is 0 Å². The van der Waals surface area contributed by atoms with Crippen LogP contribution in [0.25, 0.3) is 0 Å². The number of anilines is 1. The standard InChI is InChI=1S/C17H21ClN4O3/c1-21(2)16(24)22-8-4-7-17(11-22)10-14(20-25-17)15(23)19-13-6-3-5-12(18)9-13/h3,5-6,9H,4,7-8,10-11H2,1-2H3,(H,19,23)/t17-/m0/s1. The van der Waals surface area contributed by atoms with Crippen molar-refractivity contribution < 1.29 is 14.4 Å². The van der Waals surface area contributed by atoms with Gasteiger partial charge in [0.05, 0.1) is 6.54 Å². The molecule has 1 spiro atoms. The average Bonchev–Trinajstić information content (AvgIpc) is 2.97. The minimum atomic E-state index is -0.606. The molecule has 0 aromatic heterocycles. The third kappa shape index (κ3) is 3.87. The van der Waals surface area contributed by atoms with Gasteiger partial charge in [0.15, 0.2) is 5.60 Å². The second-order valence-electron chi connectivity index (χ2n) is 6.66. The van der Waals surface area contributed by atoms with E-state index in [9.17, 15) is 9.59 Å². The van der Waals surface area contributed by atoms with Crippen LogP contribution >= 0.6 is 11.6 Å². The van der Waals surface area contributed by atoms with E-state index < -0.39 is 5.60 Å². The van der Waals surface area contributed by atoms with Gasteiger partial charge in [0.1, 0.15) is 5.71 Å². The van der Waals surface area contributed by atoms with Crippen LogP contribution < -0.4 is 5.32 Å². The topological polar surface area (TPSA) is 74.2 Å². The zero-order chi connectivity index (χ0) is 18.0. The summed E-state index contributed by atoms with van der Waals surface area (Å²) in [6.07, 6.45) is 1.97. The molecule has 2 heterocycles. The molecule has 134 valence electrons. The third-order valence-corrected chi connectivity index (χ3v) is 4.61. The number of oxime groups is 1.